The fourth-order valence-electron chi connectivity index (χ4n) is 3.48. The zero-order chi connectivity index (χ0) is 21.1. The van der Waals surface area contributed by atoms with E-state index in [1.807, 2.05) is 60.5 Å². The Morgan fingerprint density at radius 1 is 0.967 bits per heavy atom. The molecule has 1 N–H and O–H groups in total. The SMILES string of the molecule is CN(c1ccccc1)c1ccccc1NC(=O)c1ccc(S(=O)(=O)N2CCCC2)o1. The minimum absolute atomic E-state index is 0.0510. The van der Waals surface area contributed by atoms with E-state index in [4.69, 9.17) is 4.42 Å². The highest BCUT2D eigenvalue weighted by molar-refractivity contribution is 7.89. The summed E-state index contributed by atoms with van der Waals surface area (Å²) < 4.78 is 32.1. The predicted octanol–water partition coefficient (Wildman–Crippen LogP) is 4.08. The molecule has 3 aromatic rings. The quantitative estimate of drug-likeness (QED) is 0.643. The Morgan fingerprint density at radius 2 is 1.63 bits per heavy atom. The van der Waals surface area contributed by atoms with Gasteiger partial charge >= 0.3 is 0 Å². The van der Waals surface area contributed by atoms with Crippen molar-refractivity contribution >= 4 is 33.0 Å². The van der Waals surface area contributed by atoms with Gasteiger partial charge < -0.3 is 14.6 Å². The van der Waals surface area contributed by atoms with E-state index in [0.717, 1.165) is 24.2 Å². The van der Waals surface area contributed by atoms with Crippen molar-refractivity contribution in [2.24, 2.45) is 0 Å². The number of anilines is 3. The third kappa shape index (κ3) is 3.96. The molecule has 1 fully saturated rings. The van der Waals surface area contributed by atoms with Crippen LogP contribution in [0.4, 0.5) is 17.1 Å². The van der Waals surface area contributed by atoms with Crippen LogP contribution in [-0.2, 0) is 10.0 Å². The molecule has 156 valence electrons. The normalized spacial score (nSPS) is 14.6. The number of para-hydroxylation sites is 3. The predicted molar refractivity (Wildman–Crippen MR) is 116 cm³/mol. The van der Waals surface area contributed by atoms with Gasteiger partial charge in [-0.1, -0.05) is 30.3 Å². The first kappa shape index (κ1) is 20.2. The number of hydrogen-bond acceptors (Lipinski definition) is 5. The lowest BCUT2D eigenvalue weighted by Crippen LogP contribution is -2.27. The Kier molecular flexibility index (Phi) is 5.61. The van der Waals surface area contributed by atoms with E-state index in [-0.39, 0.29) is 10.9 Å². The molecule has 1 saturated heterocycles. The third-order valence-corrected chi connectivity index (χ3v) is 6.89. The summed E-state index contributed by atoms with van der Waals surface area (Å²) in [5.41, 5.74) is 2.36. The molecule has 0 saturated carbocycles. The van der Waals surface area contributed by atoms with Crippen molar-refractivity contribution in [1.82, 2.24) is 4.31 Å². The number of rotatable bonds is 6. The van der Waals surface area contributed by atoms with Gasteiger partial charge in [-0.05, 0) is 49.2 Å². The molecule has 0 spiro atoms. The summed E-state index contributed by atoms with van der Waals surface area (Å²) in [5, 5.41) is 2.62. The van der Waals surface area contributed by atoms with Gasteiger partial charge in [0.2, 0.25) is 5.09 Å². The zero-order valence-electron chi connectivity index (χ0n) is 16.6. The molecular weight excluding hydrogens is 402 g/mol. The maximum Gasteiger partial charge on any atom is 0.291 e. The van der Waals surface area contributed by atoms with Crippen molar-refractivity contribution in [3.8, 4) is 0 Å². The van der Waals surface area contributed by atoms with Crippen LogP contribution >= 0.6 is 0 Å². The zero-order valence-corrected chi connectivity index (χ0v) is 17.4. The fourth-order valence-corrected chi connectivity index (χ4v) is 4.91. The molecule has 2 heterocycles. The molecule has 0 atom stereocenters. The lowest BCUT2D eigenvalue weighted by molar-refractivity contribution is 0.0991. The standard InChI is InChI=1S/C22H23N3O4S/c1-24(17-9-3-2-4-10-17)19-12-6-5-11-18(19)23-22(26)20-13-14-21(29-20)30(27,28)25-15-7-8-16-25/h2-6,9-14H,7-8,15-16H2,1H3,(H,23,26). The van der Waals surface area contributed by atoms with Crippen molar-refractivity contribution in [2.75, 3.05) is 30.4 Å². The lowest BCUT2D eigenvalue weighted by Gasteiger charge is -2.22. The van der Waals surface area contributed by atoms with E-state index in [2.05, 4.69) is 5.32 Å². The molecule has 1 aliphatic rings. The van der Waals surface area contributed by atoms with Crippen LogP contribution < -0.4 is 10.2 Å². The Hall–Kier alpha value is -3.10. The topological polar surface area (TPSA) is 82.9 Å². The lowest BCUT2D eigenvalue weighted by atomic mass is 10.2. The van der Waals surface area contributed by atoms with Crippen molar-refractivity contribution in [2.45, 2.75) is 17.9 Å². The van der Waals surface area contributed by atoms with Gasteiger partial charge in [-0.2, -0.15) is 4.31 Å². The number of carbonyl (C=O) groups excluding carboxylic acids is 1. The highest BCUT2D eigenvalue weighted by atomic mass is 32.2. The van der Waals surface area contributed by atoms with Crippen molar-refractivity contribution in [3.63, 3.8) is 0 Å². The first-order valence-electron chi connectivity index (χ1n) is 9.76. The highest BCUT2D eigenvalue weighted by Crippen LogP contribution is 2.31. The van der Waals surface area contributed by atoms with Crippen molar-refractivity contribution < 1.29 is 17.6 Å². The van der Waals surface area contributed by atoms with Gasteiger partial charge in [-0.3, -0.25) is 4.79 Å². The van der Waals surface area contributed by atoms with Crippen LogP contribution in [0.2, 0.25) is 0 Å². The van der Waals surface area contributed by atoms with Crippen LogP contribution in [0.1, 0.15) is 23.4 Å². The van der Waals surface area contributed by atoms with Gasteiger partial charge in [0.05, 0.1) is 11.4 Å². The van der Waals surface area contributed by atoms with E-state index in [9.17, 15) is 13.2 Å². The number of amides is 1. The van der Waals surface area contributed by atoms with E-state index < -0.39 is 15.9 Å². The van der Waals surface area contributed by atoms with Gasteiger partial charge in [0.25, 0.3) is 15.9 Å². The second-order valence-corrected chi connectivity index (χ2v) is 8.96. The van der Waals surface area contributed by atoms with Crippen LogP contribution in [0, 0.1) is 0 Å². The molecule has 0 bridgehead atoms. The first-order valence-corrected chi connectivity index (χ1v) is 11.2. The summed E-state index contributed by atoms with van der Waals surface area (Å²) in [5.74, 6) is -0.559. The number of nitrogens with one attached hydrogen (secondary N) is 1. The molecular formula is C22H23N3O4S. The van der Waals surface area contributed by atoms with Gasteiger partial charge in [-0.15, -0.1) is 0 Å². The highest BCUT2D eigenvalue weighted by Gasteiger charge is 2.30. The summed E-state index contributed by atoms with van der Waals surface area (Å²) >= 11 is 0. The average Bonchev–Trinajstić information content (AvgIpc) is 3.47. The van der Waals surface area contributed by atoms with Crippen molar-refractivity contribution in [3.05, 3.63) is 72.5 Å². The number of sulfonamides is 1. The number of benzene rings is 2. The van der Waals surface area contributed by atoms with Crippen LogP contribution in [0.3, 0.4) is 0 Å². The molecule has 7 nitrogen and oxygen atoms in total. The Labute approximate surface area is 176 Å². The average molecular weight is 426 g/mol. The Morgan fingerprint density at radius 3 is 2.37 bits per heavy atom. The summed E-state index contributed by atoms with van der Waals surface area (Å²) in [6.45, 7) is 0.952. The van der Waals surface area contributed by atoms with Crippen LogP contribution in [0.5, 0.6) is 0 Å². The summed E-state index contributed by atoms with van der Waals surface area (Å²) in [6.07, 6.45) is 1.66. The largest absolute Gasteiger partial charge is 0.438 e. The van der Waals surface area contributed by atoms with Crippen molar-refractivity contribution in [1.29, 1.82) is 0 Å². The van der Waals surface area contributed by atoms with Gasteiger partial charge in [-0.25, -0.2) is 8.42 Å². The van der Waals surface area contributed by atoms with Crippen LogP contribution in [-0.4, -0.2) is 38.8 Å². The van der Waals surface area contributed by atoms with E-state index in [1.54, 1.807) is 6.07 Å². The minimum atomic E-state index is -3.70. The summed E-state index contributed by atoms with van der Waals surface area (Å²) in [6, 6.07) is 19.9. The monoisotopic (exact) mass is 425 g/mol. The fraction of sp³-hybridized carbons (Fsp3) is 0.227. The number of furan rings is 1. The maximum atomic E-state index is 12.8. The third-order valence-electron chi connectivity index (χ3n) is 5.12. The molecule has 2 aromatic carbocycles. The van der Waals surface area contributed by atoms with Gasteiger partial charge in [0, 0.05) is 25.8 Å². The van der Waals surface area contributed by atoms with Crippen LogP contribution in [0.25, 0.3) is 0 Å². The number of nitrogens with zero attached hydrogens (tertiary/aromatic N) is 2. The number of hydrogen-bond donors (Lipinski definition) is 1. The molecule has 0 unspecified atom stereocenters. The summed E-state index contributed by atoms with van der Waals surface area (Å²) in [4.78, 5) is 14.7. The smallest absolute Gasteiger partial charge is 0.291 e. The molecule has 1 amide bonds. The molecule has 1 aliphatic heterocycles. The maximum absolute atomic E-state index is 12.8. The van der Waals surface area contributed by atoms with Gasteiger partial charge in [0.15, 0.2) is 5.76 Å². The molecule has 4 rings (SSSR count). The number of carbonyl (C=O) groups is 1. The second kappa shape index (κ2) is 8.33. The Bertz CT molecular complexity index is 1140. The summed E-state index contributed by atoms with van der Waals surface area (Å²) in [7, 11) is -1.79. The van der Waals surface area contributed by atoms with Gasteiger partial charge in [0.1, 0.15) is 0 Å². The van der Waals surface area contributed by atoms with E-state index >= 15 is 0 Å². The Balaban J connectivity index is 1.55. The first-order chi connectivity index (χ1) is 14.5. The molecule has 1 aromatic heterocycles. The molecule has 0 aliphatic carbocycles. The molecule has 8 heteroatoms. The minimum Gasteiger partial charge on any atom is -0.438 e. The van der Waals surface area contributed by atoms with E-state index in [1.165, 1.54) is 16.4 Å². The molecule has 0 radical (unpaired) electrons. The van der Waals surface area contributed by atoms with E-state index in [0.29, 0.717) is 18.8 Å². The van der Waals surface area contributed by atoms with Crippen LogP contribution in [0.15, 0.2) is 76.2 Å². The molecule has 30 heavy (non-hydrogen) atoms. The second-order valence-electron chi connectivity index (χ2n) is 7.10.